The van der Waals surface area contributed by atoms with Crippen LogP contribution >= 0.6 is 15.9 Å². The van der Waals surface area contributed by atoms with Crippen LogP contribution in [0.15, 0.2) is 16.6 Å². The van der Waals surface area contributed by atoms with Crippen LogP contribution in [0.4, 0.5) is 8.78 Å². The van der Waals surface area contributed by atoms with Gasteiger partial charge in [0.15, 0.2) is 5.78 Å². The molecule has 0 bridgehead atoms. The number of hydrogen-bond donors (Lipinski definition) is 0. The second-order valence-electron chi connectivity index (χ2n) is 2.99. The Balaban J connectivity index is 3.45. The zero-order valence-corrected chi connectivity index (χ0v) is 9.36. The monoisotopic (exact) mass is 262 g/mol. The van der Waals surface area contributed by atoms with E-state index in [0.29, 0.717) is 10.0 Å². The van der Waals surface area contributed by atoms with Crippen LogP contribution in [0.25, 0.3) is 0 Å². The molecule has 14 heavy (non-hydrogen) atoms. The summed E-state index contributed by atoms with van der Waals surface area (Å²) in [5, 5.41) is 0. The zero-order valence-electron chi connectivity index (χ0n) is 7.77. The fourth-order valence-electron chi connectivity index (χ4n) is 1.29. The Morgan fingerprint density at radius 2 is 2.00 bits per heavy atom. The van der Waals surface area contributed by atoms with Crippen LogP contribution < -0.4 is 0 Å². The minimum Gasteiger partial charge on any atom is -0.294 e. The summed E-state index contributed by atoms with van der Waals surface area (Å²) in [4.78, 5) is 11.1. The fraction of sp³-hybridized carbons (Fsp3) is 0.300. The molecule has 0 unspecified atom stereocenters. The molecule has 0 aromatic heterocycles. The highest BCUT2D eigenvalue weighted by Gasteiger charge is 2.19. The van der Waals surface area contributed by atoms with Gasteiger partial charge in [-0.15, -0.1) is 0 Å². The van der Waals surface area contributed by atoms with Crippen molar-refractivity contribution in [1.82, 2.24) is 0 Å². The molecule has 0 atom stereocenters. The van der Waals surface area contributed by atoms with Crippen molar-refractivity contribution < 1.29 is 13.6 Å². The number of alkyl halides is 2. The molecule has 0 heterocycles. The third-order valence-electron chi connectivity index (χ3n) is 2.05. The number of Topliss-reactive ketones (excluding diaryl/α,β-unsaturated/α-hetero) is 1. The van der Waals surface area contributed by atoms with E-state index >= 15 is 0 Å². The molecule has 1 aromatic rings. The highest BCUT2D eigenvalue weighted by Crippen LogP contribution is 2.31. The van der Waals surface area contributed by atoms with Crippen LogP contribution in [-0.2, 0) is 0 Å². The highest BCUT2D eigenvalue weighted by molar-refractivity contribution is 9.10. The molecule has 0 saturated heterocycles. The molecule has 0 fully saturated rings. The van der Waals surface area contributed by atoms with Crippen LogP contribution in [0, 0.1) is 6.92 Å². The number of carbonyl (C=O) groups excluding carboxylic acids is 1. The largest absolute Gasteiger partial charge is 0.294 e. The summed E-state index contributed by atoms with van der Waals surface area (Å²) in [6, 6.07) is 3.03. The maximum Gasteiger partial charge on any atom is 0.264 e. The molecule has 0 aliphatic rings. The lowest BCUT2D eigenvalue weighted by Gasteiger charge is -2.10. The van der Waals surface area contributed by atoms with Gasteiger partial charge in [-0.2, -0.15) is 0 Å². The minimum atomic E-state index is -2.62. The molecule has 1 nitrogen and oxygen atoms in total. The van der Waals surface area contributed by atoms with Crippen molar-refractivity contribution in [1.29, 1.82) is 0 Å². The third-order valence-corrected chi connectivity index (χ3v) is 2.91. The lowest BCUT2D eigenvalue weighted by atomic mass is 10.00. The lowest BCUT2D eigenvalue weighted by molar-refractivity contribution is 0.0998. The van der Waals surface area contributed by atoms with E-state index in [9.17, 15) is 13.6 Å². The Labute approximate surface area is 89.3 Å². The Morgan fingerprint density at radius 1 is 1.43 bits per heavy atom. The summed E-state index contributed by atoms with van der Waals surface area (Å²) in [5.41, 5.74) is 0.347. The molecule has 4 heteroatoms. The van der Waals surface area contributed by atoms with E-state index in [1.165, 1.54) is 13.0 Å². The maximum absolute atomic E-state index is 12.7. The molecular formula is C10H9BrF2O. The van der Waals surface area contributed by atoms with Crippen molar-refractivity contribution in [3.05, 3.63) is 33.3 Å². The van der Waals surface area contributed by atoms with Crippen LogP contribution in [0.5, 0.6) is 0 Å². The van der Waals surface area contributed by atoms with Crippen molar-refractivity contribution >= 4 is 21.7 Å². The van der Waals surface area contributed by atoms with Crippen molar-refractivity contribution in [2.75, 3.05) is 0 Å². The van der Waals surface area contributed by atoms with E-state index in [-0.39, 0.29) is 16.9 Å². The van der Waals surface area contributed by atoms with E-state index in [1.807, 2.05) is 0 Å². The SMILES string of the molecule is CC(=O)c1ccc(Br)c(C)c1C(F)F. The van der Waals surface area contributed by atoms with Crippen LogP contribution in [0.1, 0.15) is 34.8 Å². The van der Waals surface area contributed by atoms with Gasteiger partial charge >= 0.3 is 0 Å². The van der Waals surface area contributed by atoms with Gasteiger partial charge in [-0.25, -0.2) is 8.78 Å². The molecular weight excluding hydrogens is 254 g/mol. The number of hydrogen-bond acceptors (Lipinski definition) is 1. The molecule has 1 rings (SSSR count). The summed E-state index contributed by atoms with van der Waals surface area (Å²) >= 11 is 3.15. The van der Waals surface area contributed by atoms with Crippen molar-refractivity contribution in [2.24, 2.45) is 0 Å². The first kappa shape index (κ1) is 11.3. The Kier molecular flexibility index (Phi) is 3.37. The van der Waals surface area contributed by atoms with E-state index < -0.39 is 6.43 Å². The van der Waals surface area contributed by atoms with Gasteiger partial charge in [-0.3, -0.25) is 4.79 Å². The lowest BCUT2D eigenvalue weighted by Crippen LogP contribution is -2.03. The number of rotatable bonds is 2. The van der Waals surface area contributed by atoms with Crippen LogP contribution in [0.3, 0.4) is 0 Å². The quantitative estimate of drug-likeness (QED) is 0.739. The normalized spacial score (nSPS) is 10.7. The number of ketones is 1. The Bertz CT molecular complexity index is 375. The third kappa shape index (κ3) is 2.00. The first-order valence-electron chi connectivity index (χ1n) is 4.03. The maximum atomic E-state index is 12.7. The Hall–Kier alpha value is -0.770. The van der Waals surface area contributed by atoms with Crippen LogP contribution in [-0.4, -0.2) is 5.78 Å². The standard InChI is InChI=1S/C10H9BrF2O/c1-5-8(11)4-3-7(6(2)14)9(5)10(12)13/h3-4,10H,1-2H3. The van der Waals surface area contributed by atoms with E-state index in [1.54, 1.807) is 13.0 Å². The van der Waals surface area contributed by atoms with E-state index in [0.717, 1.165) is 0 Å². The molecule has 76 valence electrons. The molecule has 0 saturated carbocycles. The number of carbonyl (C=O) groups is 1. The van der Waals surface area contributed by atoms with E-state index in [4.69, 9.17) is 0 Å². The Morgan fingerprint density at radius 3 is 2.43 bits per heavy atom. The van der Waals surface area contributed by atoms with Gasteiger partial charge in [0, 0.05) is 15.6 Å². The summed E-state index contributed by atoms with van der Waals surface area (Å²) in [6.45, 7) is 2.85. The molecule has 0 radical (unpaired) electrons. The average molecular weight is 263 g/mol. The smallest absolute Gasteiger partial charge is 0.264 e. The van der Waals surface area contributed by atoms with E-state index in [2.05, 4.69) is 15.9 Å². The summed E-state index contributed by atoms with van der Waals surface area (Å²) in [6.07, 6.45) is -2.62. The van der Waals surface area contributed by atoms with Crippen LogP contribution in [0.2, 0.25) is 0 Å². The zero-order chi connectivity index (χ0) is 10.9. The minimum absolute atomic E-state index is 0.0979. The summed E-state index contributed by atoms with van der Waals surface area (Å²) in [7, 11) is 0. The second kappa shape index (κ2) is 4.17. The van der Waals surface area contributed by atoms with Gasteiger partial charge in [-0.1, -0.05) is 15.9 Å². The van der Waals surface area contributed by atoms with Gasteiger partial charge in [0.05, 0.1) is 0 Å². The second-order valence-corrected chi connectivity index (χ2v) is 3.84. The van der Waals surface area contributed by atoms with Gasteiger partial charge in [0.1, 0.15) is 0 Å². The fourth-order valence-corrected chi connectivity index (χ4v) is 1.64. The summed E-state index contributed by atoms with van der Waals surface area (Å²) in [5.74, 6) is -0.337. The molecule has 1 aromatic carbocycles. The molecule has 0 amide bonds. The van der Waals surface area contributed by atoms with Gasteiger partial charge < -0.3 is 0 Å². The molecule has 0 spiro atoms. The van der Waals surface area contributed by atoms with Gasteiger partial charge in [-0.05, 0) is 31.5 Å². The predicted molar refractivity (Wildman–Crippen MR) is 53.8 cm³/mol. The predicted octanol–water partition coefficient (Wildman–Crippen LogP) is 3.90. The highest BCUT2D eigenvalue weighted by atomic mass is 79.9. The van der Waals surface area contributed by atoms with Crippen molar-refractivity contribution in [2.45, 2.75) is 20.3 Å². The molecule has 0 aliphatic heterocycles. The average Bonchev–Trinajstić information content (AvgIpc) is 2.08. The number of benzene rings is 1. The van der Waals surface area contributed by atoms with Crippen molar-refractivity contribution in [3.63, 3.8) is 0 Å². The first-order chi connectivity index (χ1) is 6.45. The number of halogens is 3. The topological polar surface area (TPSA) is 17.1 Å². The summed E-state index contributed by atoms with van der Waals surface area (Å²) < 4.78 is 25.9. The van der Waals surface area contributed by atoms with Gasteiger partial charge in [0.2, 0.25) is 0 Å². The first-order valence-corrected chi connectivity index (χ1v) is 4.82. The van der Waals surface area contributed by atoms with Crippen molar-refractivity contribution in [3.8, 4) is 0 Å². The molecule has 0 N–H and O–H groups in total. The molecule has 0 aliphatic carbocycles. The van der Waals surface area contributed by atoms with Gasteiger partial charge in [0.25, 0.3) is 6.43 Å².